The molecule has 4 aromatic rings. The lowest BCUT2D eigenvalue weighted by molar-refractivity contribution is -0.138. The number of amides is 1. The molecule has 0 saturated heterocycles. The van der Waals surface area contributed by atoms with Crippen molar-refractivity contribution < 1.29 is 18.0 Å². The molecule has 1 amide bonds. The van der Waals surface area contributed by atoms with E-state index in [1.54, 1.807) is 22.7 Å². The fourth-order valence-electron chi connectivity index (χ4n) is 3.82. The Kier molecular flexibility index (Phi) is 5.10. The lowest BCUT2D eigenvalue weighted by atomic mass is 9.97. The number of halogens is 3. The van der Waals surface area contributed by atoms with E-state index in [9.17, 15) is 18.0 Å². The van der Waals surface area contributed by atoms with Crippen LogP contribution in [0.15, 0.2) is 85.2 Å². The summed E-state index contributed by atoms with van der Waals surface area (Å²) in [6.45, 7) is 0. The number of aromatic nitrogens is 2. The number of imidazole rings is 1. The lowest BCUT2D eigenvalue weighted by Gasteiger charge is -2.18. The summed E-state index contributed by atoms with van der Waals surface area (Å²) >= 11 is 0. The van der Waals surface area contributed by atoms with Crippen molar-refractivity contribution in [3.8, 4) is 11.3 Å². The summed E-state index contributed by atoms with van der Waals surface area (Å²) in [6.07, 6.45) is 0.290. The largest absolute Gasteiger partial charge is 0.416 e. The molecule has 33 heavy (non-hydrogen) atoms. The molecule has 1 atom stereocenters. The predicted molar refractivity (Wildman–Crippen MR) is 118 cm³/mol. The molecule has 0 spiro atoms. The van der Waals surface area contributed by atoms with Crippen molar-refractivity contribution >= 4 is 17.4 Å². The van der Waals surface area contributed by atoms with Gasteiger partial charge in [0.15, 0.2) is 0 Å². The van der Waals surface area contributed by atoms with Crippen molar-refractivity contribution in [1.29, 1.82) is 0 Å². The van der Waals surface area contributed by atoms with E-state index in [0.29, 0.717) is 17.2 Å². The Morgan fingerprint density at radius 1 is 1.03 bits per heavy atom. The SMILES string of the molecule is O=C(Nc1c(-c2ccccc2)nc2ccccn12)c1ccc(C(F)(F)F)c(C2C=CNN2)c1. The van der Waals surface area contributed by atoms with Crippen LogP contribution in [0.4, 0.5) is 19.0 Å². The van der Waals surface area contributed by atoms with Crippen molar-refractivity contribution in [3.05, 3.63) is 102 Å². The number of nitrogens with zero attached hydrogens (tertiary/aromatic N) is 2. The highest BCUT2D eigenvalue weighted by Gasteiger charge is 2.35. The molecule has 0 saturated carbocycles. The maximum absolute atomic E-state index is 13.6. The smallest absolute Gasteiger partial charge is 0.328 e. The summed E-state index contributed by atoms with van der Waals surface area (Å²) in [7, 11) is 0. The minimum Gasteiger partial charge on any atom is -0.328 e. The Bertz CT molecular complexity index is 1360. The fraction of sp³-hybridized carbons (Fsp3) is 0.0833. The third-order valence-corrected chi connectivity index (χ3v) is 5.37. The van der Waals surface area contributed by atoms with Crippen LogP contribution in [0.1, 0.15) is 27.5 Å². The molecule has 0 fully saturated rings. The van der Waals surface area contributed by atoms with Crippen LogP contribution in [0.5, 0.6) is 0 Å². The van der Waals surface area contributed by atoms with Gasteiger partial charge in [0.2, 0.25) is 0 Å². The minimum atomic E-state index is -4.55. The first-order valence-corrected chi connectivity index (χ1v) is 10.1. The zero-order valence-corrected chi connectivity index (χ0v) is 17.1. The normalized spacial score (nSPS) is 15.5. The molecule has 0 radical (unpaired) electrons. The lowest BCUT2D eigenvalue weighted by Crippen LogP contribution is -2.26. The van der Waals surface area contributed by atoms with E-state index in [1.807, 2.05) is 42.5 Å². The van der Waals surface area contributed by atoms with Crippen LogP contribution in [0, 0.1) is 0 Å². The number of pyridine rings is 1. The van der Waals surface area contributed by atoms with Crippen molar-refractivity contribution in [2.24, 2.45) is 0 Å². The highest BCUT2D eigenvalue weighted by molar-refractivity contribution is 6.06. The van der Waals surface area contributed by atoms with E-state index >= 15 is 0 Å². The quantitative estimate of drug-likeness (QED) is 0.413. The third kappa shape index (κ3) is 3.94. The van der Waals surface area contributed by atoms with Crippen LogP contribution in [-0.2, 0) is 6.18 Å². The van der Waals surface area contributed by atoms with E-state index in [1.165, 1.54) is 18.3 Å². The highest BCUT2D eigenvalue weighted by atomic mass is 19.4. The number of hydrazine groups is 1. The predicted octanol–water partition coefficient (Wildman–Crippen LogP) is 4.94. The zero-order valence-electron chi connectivity index (χ0n) is 17.1. The van der Waals surface area contributed by atoms with Gasteiger partial charge in [0.05, 0.1) is 11.6 Å². The molecule has 1 aliphatic rings. The molecule has 9 heteroatoms. The maximum Gasteiger partial charge on any atom is 0.416 e. The number of nitrogens with one attached hydrogen (secondary N) is 3. The number of rotatable bonds is 4. The van der Waals surface area contributed by atoms with Gasteiger partial charge < -0.3 is 10.7 Å². The van der Waals surface area contributed by atoms with Crippen LogP contribution < -0.4 is 16.2 Å². The van der Waals surface area contributed by atoms with Crippen molar-refractivity contribution in [2.75, 3.05) is 5.32 Å². The molecule has 166 valence electrons. The summed E-state index contributed by atoms with van der Waals surface area (Å²) < 4.78 is 42.4. The number of carbonyl (C=O) groups is 1. The van der Waals surface area contributed by atoms with E-state index in [-0.39, 0.29) is 11.1 Å². The average molecular weight is 449 g/mol. The van der Waals surface area contributed by atoms with Crippen LogP contribution in [0.3, 0.4) is 0 Å². The number of fused-ring (bicyclic) bond motifs is 1. The molecular weight excluding hydrogens is 431 g/mol. The maximum atomic E-state index is 13.6. The number of carbonyl (C=O) groups excluding carboxylic acids is 1. The van der Waals surface area contributed by atoms with Gasteiger partial charge >= 0.3 is 6.18 Å². The van der Waals surface area contributed by atoms with Gasteiger partial charge in [0.1, 0.15) is 17.2 Å². The molecule has 1 unspecified atom stereocenters. The summed E-state index contributed by atoms with van der Waals surface area (Å²) in [5, 5.41) is 2.85. The zero-order chi connectivity index (χ0) is 23.0. The van der Waals surface area contributed by atoms with Gasteiger partial charge in [0.25, 0.3) is 5.91 Å². The second kappa shape index (κ2) is 8.10. The van der Waals surface area contributed by atoms with Gasteiger partial charge in [0, 0.05) is 23.5 Å². The first-order valence-electron chi connectivity index (χ1n) is 10.1. The standard InChI is InChI=1S/C24H18F3N5O/c25-24(26,27)18-10-9-16(14-17(18)19-11-12-28-31-19)23(33)30-22-21(15-6-2-1-3-7-15)29-20-8-4-5-13-32(20)22/h1-14,19,28,31H,(H,30,33). The van der Waals surface area contributed by atoms with Gasteiger partial charge in [-0.25, -0.2) is 10.4 Å². The molecule has 6 nitrogen and oxygen atoms in total. The van der Waals surface area contributed by atoms with Gasteiger partial charge in [-0.15, -0.1) is 0 Å². The molecular formula is C24H18F3N5O. The molecule has 3 heterocycles. The second-order valence-electron chi connectivity index (χ2n) is 7.48. The minimum absolute atomic E-state index is 0.0437. The molecule has 0 aliphatic carbocycles. The Balaban J connectivity index is 1.56. The van der Waals surface area contributed by atoms with Crippen LogP contribution in [0.2, 0.25) is 0 Å². The fourth-order valence-corrected chi connectivity index (χ4v) is 3.82. The Labute approximate surface area is 186 Å². The van der Waals surface area contributed by atoms with E-state index in [2.05, 4.69) is 21.2 Å². The van der Waals surface area contributed by atoms with Gasteiger partial charge in [-0.2, -0.15) is 13.2 Å². The number of hydrogen-bond donors (Lipinski definition) is 3. The Hall–Kier alpha value is -4.11. The summed E-state index contributed by atoms with van der Waals surface area (Å²) in [4.78, 5) is 17.8. The topological polar surface area (TPSA) is 70.5 Å². The molecule has 5 rings (SSSR count). The van der Waals surface area contributed by atoms with Crippen LogP contribution in [0.25, 0.3) is 16.9 Å². The highest BCUT2D eigenvalue weighted by Crippen LogP contribution is 2.36. The Morgan fingerprint density at radius 2 is 1.82 bits per heavy atom. The van der Waals surface area contributed by atoms with Crippen molar-refractivity contribution in [2.45, 2.75) is 12.2 Å². The monoisotopic (exact) mass is 449 g/mol. The van der Waals surface area contributed by atoms with Crippen molar-refractivity contribution in [1.82, 2.24) is 20.2 Å². The second-order valence-corrected chi connectivity index (χ2v) is 7.48. The number of hydrogen-bond acceptors (Lipinski definition) is 4. The van der Waals surface area contributed by atoms with Crippen LogP contribution in [-0.4, -0.2) is 15.3 Å². The van der Waals surface area contributed by atoms with Gasteiger partial charge in [-0.1, -0.05) is 36.4 Å². The number of anilines is 1. The van der Waals surface area contributed by atoms with Gasteiger partial charge in [-0.05, 0) is 42.0 Å². The van der Waals surface area contributed by atoms with Crippen molar-refractivity contribution in [3.63, 3.8) is 0 Å². The third-order valence-electron chi connectivity index (χ3n) is 5.37. The summed E-state index contributed by atoms with van der Waals surface area (Å²) in [6, 6.07) is 17.5. The van der Waals surface area contributed by atoms with Crippen LogP contribution >= 0.6 is 0 Å². The first-order chi connectivity index (χ1) is 15.9. The average Bonchev–Trinajstić information content (AvgIpc) is 3.47. The van der Waals surface area contributed by atoms with E-state index in [4.69, 9.17) is 0 Å². The summed E-state index contributed by atoms with van der Waals surface area (Å²) in [5.74, 6) is -0.105. The Morgan fingerprint density at radius 3 is 2.55 bits per heavy atom. The van der Waals surface area contributed by atoms with E-state index < -0.39 is 23.7 Å². The molecule has 0 bridgehead atoms. The molecule has 2 aromatic heterocycles. The molecule has 3 N–H and O–H groups in total. The summed E-state index contributed by atoms with van der Waals surface area (Å²) in [5.41, 5.74) is 6.67. The number of benzene rings is 2. The first kappa shape index (κ1) is 20.8. The molecule has 2 aromatic carbocycles. The van der Waals surface area contributed by atoms with E-state index in [0.717, 1.165) is 11.6 Å². The number of alkyl halides is 3. The molecule has 1 aliphatic heterocycles. The van der Waals surface area contributed by atoms with Gasteiger partial charge in [-0.3, -0.25) is 9.20 Å².